The van der Waals surface area contributed by atoms with Gasteiger partial charge in [0.1, 0.15) is 5.17 Å². The van der Waals surface area contributed by atoms with Crippen molar-refractivity contribution in [2.45, 2.75) is 0 Å². The van der Waals surface area contributed by atoms with Crippen LogP contribution in [0.4, 0.5) is 0 Å². The van der Waals surface area contributed by atoms with Gasteiger partial charge in [-0.25, -0.2) is 4.99 Å². The Hall–Kier alpha value is -0.870. The fourth-order valence-corrected chi connectivity index (χ4v) is 0.832. The van der Waals surface area contributed by atoms with Crippen LogP contribution in [0.5, 0.6) is 0 Å². The second-order valence-electron chi connectivity index (χ2n) is 1.99. The van der Waals surface area contributed by atoms with Crippen LogP contribution in [0.1, 0.15) is 0 Å². The van der Waals surface area contributed by atoms with E-state index in [9.17, 15) is 0 Å². The van der Waals surface area contributed by atoms with Gasteiger partial charge in [0.15, 0.2) is 0 Å². The second kappa shape index (κ2) is 3.69. The number of hydrogen-bond acceptors (Lipinski definition) is 4. The van der Waals surface area contributed by atoms with Gasteiger partial charge in [-0.05, 0) is 0 Å². The molecule has 1 heterocycles. The van der Waals surface area contributed by atoms with Crippen LogP contribution in [0.25, 0.3) is 0 Å². The third-order valence-electron chi connectivity index (χ3n) is 1.27. The van der Waals surface area contributed by atoms with Gasteiger partial charge in [-0.3, -0.25) is 0 Å². The van der Waals surface area contributed by atoms with E-state index in [1.165, 1.54) is 14.2 Å². The van der Waals surface area contributed by atoms with Gasteiger partial charge in [-0.2, -0.15) is 4.99 Å². The summed E-state index contributed by atoms with van der Waals surface area (Å²) in [6.45, 7) is 3.63. The van der Waals surface area contributed by atoms with E-state index in [0.717, 1.165) is 0 Å². The highest BCUT2D eigenvalue weighted by Gasteiger charge is 2.21. The number of nitrogens with zero attached hydrogens (tertiary/aromatic N) is 2. The first-order valence-electron chi connectivity index (χ1n) is 3.16. The third-order valence-corrected chi connectivity index (χ3v) is 1.59. The van der Waals surface area contributed by atoms with Crippen LogP contribution >= 0.6 is 11.6 Å². The van der Waals surface area contributed by atoms with Gasteiger partial charge in [0.2, 0.25) is 5.90 Å². The van der Waals surface area contributed by atoms with Gasteiger partial charge in [-0.15, -0.1) is 0 Å². The Balaban J connectivity index is 2.88. The molecule has 0 saturated carbocycles. The molecule has 0 atom stereocenters. The van der Waals surface area contributed by atoms with Gasteiger partial charge in [-0.1, -0.05) is 18.2 Å². The summed E-state index contributed by atoms with van der Waals surface area (Å²) >= 11 is 5.70. The number of methoxy groups -OCH3 is 2. The lowest BCUT2D eigenvalue weighted by Gasteiger charge is -2.14. The molecule has 0 bridgehead atoms. The van der Waals surface area contributed by atoms with Crippen LogP contribution in [0.2, 0.25) is 0 Å². The molecule has 4 nitrogen and oxygen atoms in total. The van der Waals surface area contributed by atoms with Gasteiger partial charge >= 0.3 is 6.35 Å². The lowest BCUT2D eigenvalue weighted by atomic mass is 10.3. The molecule has 0 aliphatic carbocycles. The number of hydrogen-bond donors (Lipinski definition) is 0. The third kappa shape index (κ3) is 1.65. The zero-order valence-corrected chi connectivity index (χ0v) is 7.55. The lowest BCUT2D eigenvalue weighted by molar-refractivity contribution is 0.207. The quantitative estimate of drug-likeness (QED) is 0.622. The Morgan fingerprint density at radius 3 is 2.42 bits per heavy atom. The summed E-state index contributed by atoms with van der Waals surface area (Å²) in [5.41, 5.74) is 0.458. The number of aliphatic imine (C=N–C) groups is 2. The van der Waals surface area contributed by atoms with Crippen LogP contribution in [0.15, 0.2) is 22.1 Å². The normalized spacial score (nSPS) is 18.8. The van der Waals surface area contributed by atoms with Crippen molar-refractivity contribution < 1.29 is 9.47 Å². The summed E-state index contributed by atoms with van der Waals surface area (Å²) in [7, 11) is 2.93. The molecule has 1 aliphatic heterocycles. The molecule has 0 N–H and O–H groups in total. The van der Waals surface area contributed by atoms with E-state index in [4.69, 9.17) is 21.1 Å². The van der Waals surface area contributed by atoms with E-state index >= 15 is 0 Å². The van der Waals surface area contributed by atoms with Crippen molar-refractivity contribution >= 4 is 22.7 Å². The molecule has 0 aromatic carbocycles. The fourth-order valence-electron chi connectivity index (χ4n) is 0.679. The first-order valence-corrected chi connectivity index (χ1v) is 3.54. The van der Waals surface area contributed by atoms with Gasteiger partial charge in [0.05, 0.1) is 12.7 Å². The molecule has 0 amide bonds. The summed E-state index contributed by atoms with van der Waals surface area (Å²) in [5, 5.41) is 0.235. The fraction of sp³-hybridized carbons (Fsp3) is 0.286. The topological polar surface area (TPSA) is 43.2 Å². The summed E-state index contributed by atoms with van der Waals surface area (Å²) in [5.74, 6) is 0.326. The molecule has 0 aromatic heterocycles. The van der Waals surface area contributed by atoms with Gasteiger partial charge < -0.3 is 9.47 Å². The highest BCUT2D eigenvalue weighted by atomic mass is 35.5. The SMILES string of the molecule is C=C1C(Cl)=N[C](OC)N=C1OC. The van der Waals surface area contributed by atoms with E-state index < -0.39 is 0 Å². The van der Waals surface area contributed by atoms with Crippen molar-refractivity contribution in [3.05, 3.63) is 18.5 Å². The standard InChI is InChI=1S/C7H8ClN2O2/c1-4-5(8)9-7(12-3)10-6(4)11-2/h1H2,2-3H3. The molecule has 1 radical (unpaired) electrons. The van der Waals surface area contributed by atoms with Gasteiger partial charge in [0.25, 0.3) is 0 Å². The highest BCUT2D eigenvalue weighted by Crippen LogP contribution is 2.18. The molecule has 0 unspecified atom stereocenters. The van der Waals surface area contributed by atoms with Crippen molar-refractivity contribution in [1.82, 2.24) is 0 Å². The van der Waals surface area contributed by atoms with Crippen molar-refractivity contribution in [1.29, 1.82) is 0 Å². The molecule has 0 aromatic rings. The maximum Gasteiger partial charge on any atom is 0.336 e. The lowest BCUT2D eigenvalue weighted by Crippen LogP contribution is -2.17. The zero-order chi connectivity index (χ0) is 9.14. The molecule has 1 aliphatic rings. The molecule has 1 rings (SSSR count). The van der Waals surface area contributed by atoms with Crippen molar-refractivity contribution in [3.8, 4) is 0 Å². The monoisotopic (exact) mass is 187 g/mol. The maximum absolute atomic E-state index is 5.70. The molecule has 5 heteroatoms. The summed E-state index contributed by atoms with van der Waals surface area (Å²) < 4.78 is 9.67. The minimum Gasteiger partial charge on any atom is -0.481 e. The molecule has 65 valence electrons. The summed E-state index contributed by atoms with van der Waals surface area (Å²) in [6.07, 6.45) is 0.171. The molecule has 0 fully saturated rings. The van der Waals surface area contributed by atoms with Crippen LogP contribution in [0.3, 0.4) is 0 Å². The second-order valence-corrected chi connectivity index (χ2v) is 2.35. The van der Waals surface area contributed by atoms with Crippen LogP contribution in [-0.2, 0) is 9.47 Å². The Labute approximate surface area is 75.6 Å². The molecular weight excluding hydrogens is 180 g/mol. The molecule has 12 heavy (non-hydrogen) atoms. The molecule has 0 spiro atoms. The van der Waals surface area contributed by atoms with E-state index in [1.807, 2.05) is 0 Å². The average molecular weight is 188 g/mol. The predicted molar refractivity (Wildman–Crippen MR) is 47.1 cm³/mol. The smallest absolute Gasteiger partial charge is 0.336 e. The Bertz CT molecular complexity index is 260. The molecule has 0 saturated heterocycles. The van der Waals surface area contributed by atoms with Crippen molar-refractivity contribution in [3.63, 3.8) is 0 Å². The Kier molecular flexibility index (Phi) is 2.83. The predicted octanol–water partition coefficient (Wildman–Crippen LogP) is 1.33. The largest absolute Gasteiger partial charge is 0.481 e. The first kappa shape index (κ1) is 9.22. The highest BCUT2D eigenvalue weighted by molar-refractivity contribution is 6.72. The van der Waals surface area contributed by atoms with Crippen LogP contribution < -0.4 is 0 Å². The number of rotatable bonds is 1. The van der Waals surface area contributed by atoms with Crippen molar-refractivity contribution in [2.24, 2.45) is 9.98 Å². The first-order chi connectivity index (χ1) is 5.69. The van der Waals surface area contributed by atoms with Crippen LogP contribution in [0, 0.1) is 6.35 Å². The minimum absolute atomic E-state index is 0.171. The average Bonchev–Trinajstić information content (AvgIpc) is 2.09. The van der Waals surface area contributed by atoms with E-state index in [-0.39, 0.29) is 11.5 Å². The van der Waals surface area contributed by atoms with Crippen LogP contribution in [-0.4, -0.2) is 25.3 Å². The van der Waals surface area contributed by atoms with E-state index in [2.05, 4.69) is 16.6 Å². The summed E-state index contributed by atoms with van der Waals surface area (Å²) in [4.78, 5) is 7.66. The molecular formula is C7H8ClN2O2. The Morgan fingerprint density at radius 2 is 1.92 bits per heavy atom. The zero-order valence-electron chi connectivity index (χ0n) is 6.80. The van der Waals surface area contributed by atoms with E-state index in [1.54, 1.807) is 0 Å². The Morgan fingerprint density at radius 1 is 1.25 bits per heavy atom. The number of ether oxygens (including phenoxy) is 2. The van der Waals surface area contributed by atoms with Gasteiger partial charge in [0, 0.05) is 7.11 Å². The van der Waals surface area contributed by atoms with Crippen molar-refractivity contribution in [2.75, 3.05) is 14.2 Å². The maximum atomic E-state index is 5.70. The number of halogens is 1. The van der Waals surface area contributed by atoms with E-state index in [0.29, 0.717) is 11.5 Å². The summed E-state index contributed by atoms with van der Waals surface area (Å²) in [6, 6.07) is 0. The minimum atomic E-state index is 0.171.